The van der Waals surface area contributed by atoms with Crippen molar-refractivity contribution < 1.29 is 4.79 Å². The van der Waals surface area contributed by atoms with Crippen molar-refractivity contribution in [3.63, 3.8) is 0 Å². The van der Waals surface area contributed by atoms with Crippen LogP contribution in [0, 0.1) is 29.1 Å². The van der Waals surface area contributed by atoms with E-state index in [2.05, 4.69) is 6.07 Å². The SMILES string of the molecule is N#CC1CC(C2CCCCC2)C1=O. The quantitative estimate of drug-likeness (QED) is 0.616. The van der Waals surface area contributed by atoms with E-state index in [4.69, 9.17) is 5.26 Å². The maximum Gasteiger partial charge on any atom is 0.153 e. The van der Waals surface area contributed by atoms with Crippen molar-refractivity contribution in [2.45, 2.75) is 38.5 Å². The molecule has 2 atom stereocenters. The predicted octanol–water partition coefficient (Wildman–Crippen LogP) is 2.30. The molecule has 2 heteroatoms. The second-order valence-electron chi connectivity index (χ2n) is 4.32. The van der Waals surface area contributed by atoms with Crippen LogP contribution in [0.2, 0.25) is 0 Å². The molecular formula is C11H15NO. The Balaban J connectivity index is 1.90. The van der Waals surface area contributed by atoms with Crippen LogP contribution in [0.5, 0.6) is 0 Å². The van der Waals surface area contributed by atoms with Gasteiger partial charge in [0.05, 0.1) is 6.07 Å². The molecule has 0 saturated heterocycles. The lowest BCUT2D eigenvalue weighted by molar-refractivity contribution is -0.136. The number of hydrogen-bond acceptors (Lipinski definition) is 2. The number of rotatable bonds is 1. The standard InChI is InChI=1S/C11H15NO/c12-7-9-6-10(11(9)13)8-4-2-1-3-5-8/h8-10H,1-6H2. The van der Waals surface area contributed by atoms with E-state index in [0.29, 0.717) is 5.92 Å². The summed E-state index contributed by atoms with van der Waals surface area (Å²) in [4.78, 5) is 11.5. The molecule has 0 aromatic rings. The molecule has 2 rings (SSSR count). The molecule has 0 N–H and O–H groups in total. The van der Waals surface area contributed by atoms with E-state index in [0.717, 1.165) is 6.42 Å². The summed E-state index contributed by atoms with van der Waals surface area (Å²) in [5, 5.41) is 8.60. The minimum atomic E-state index is -0.257. The highest BCUT2D eigenvalue weighted by Gasteiger charge is 2.43. The van der Waals surface area contributed by atoms with Gasteiger partial charge in [-0.2, -0.15) is 5.26 Å². The van der Waals surface area contributed by atoms with Crippen molar-refractivity contribution in [1.82, 2.24) is 0 Å². The van der Waals surface area contributed by atoms with Crippen LogP contribution in [0.3, 0.4) is 0 Å². The molecule has 0 radical (unpaired) electrons. The zero-order valence-electron chi connectivity index (χ0n) is 7.83. The molecule has 2 saturated carbocycles. The van der Waals surface area contributed by atoms with Gasteiger partial charge >= 0.3 is 0 Å². The zero-order valence-corrected chi connectivity index (χ0v) is 7.83. The van der Waals surface area contributed by atoms with Crippen molar-refractivity contribution in [2.75, 3.05) is 0 Å². The van der Waals surface area contributed by atoms with Crippen molar-refractivity contribution >= 4 is 5.78 Å². The molecule has 0 aliphatic heterocycles. The van der Waals surface area contributed by atoms with Crippen LogP contribution < -0.4 is 0 Å². The Hall–Kier alpha value is -0.840. The average molecular weight is 177 g/mol. The van der Waals surface area contributed by atoms with Gasteiger partial charge < -0.3 is 0 Å². The molecule has 0 aromatic heterocycles. The van der Waals surface area contributed by atoms with Crippen LogP contribution in [0.15, 0.2) is 0 Å². The lowest BCUT2D eigenvalue weighted by Gasteiger charge is -2.37. The fraction of sp³-hybridized carbons (Fsp3) is 0.818. The summed E-state index contributed by atoms with van der Waals surface area (Å²) in [7, 11) is 0. The first kappa shape index (κ1) is 8.74. The van der Waals surface area contributed by atoms with Crippen molar-refractivity contribution in [3.05, 3.63) is 0 Å². The van der Waals surface area contributed by atoms with E-state index in [9.17, 15) is 4.79 Å². The second kappa shape index (κ2) is 3.49. The van der Waals surface area contributed by atoms with E-state index < -0.39 is 0 Å². The minimum Gasteiger partial charge on any atom is -0.298 e. The number of Topliss-reactive ketones (excluding diaryl/α,β-unsaturated/α-hetero) is 1. The summed E-state index contributed by atoms with van der Waals surface area (Å²) >= 11 is 0. The zero-order chi connectivity index (χ0) is 9.26. The monoisotopic (exact) mass is 177 g/mol. The number of nitrogens with zero attached hydrogens (tertiary/aromatic N) is 1. The first-order chi connectivity index (χ1) is 6.33. The molecule has 2 aliphatic carbocycles. The van der Waals surface area contributed by atoms with E-state index in [-0.39, 0.29) is 17.6 Å². The van der Waals surface area contributed by atoms with Crippen molar-refractivity contribution in [2.24, 2.45) is 17.8 Å². The van der Waals surface area contributed by atoms with Gasteiger partial charge in [-0.3, -0.25) is 4.79 Å². The number of ketones is 1. The van der Waals surface area contributed by atoms with Gasteiger partial charge in [-0.25, -0.2) is 0 Å². The van der Waals surface area contributed by atoms with E-state index in [1.54, 1.807) is 0 Å². The van der Waals surface area contributed by atoms with Gasteiger partial charge in [0.1, 0.15) is 5.92 Å². The second-order valence-corrected chi connectivity index (χ2v) is 4.32. The van der Waals surface area contributed by atoms with Gasteiger partial charge in [0.15, 0.2) is 5.78 Å². The van der Waals surface area contributed by atoms with E-state index >= 15 is 0 Å². The molecule has 2 unspecified atom stereocenters. The van der Waals surface area contributed by atoms with Crippen LogP contribution in [-0.4, -0.2) is 5.78 Å². The van der Waals surface area contributed by atoms with Crippen LogP contribution in [0.25, 0.3) is 0 Å². The molecule has 0 spiro atoms. The minimum absolute atomic E-state index is 0.231. The Bertz CT molecular complexity index is 247. The molecule has 2 nitrogen and oxygen atoms in total. The molecule has 0 heterocycles. The third-order valence-electron chi connectivity index (χ3n) is 3.57. The topological polar surface area (TPSA) is 40.9 Å². The van der Waals surface area contributed by atoms with Crippen LogP contribution in [0.1, 0.15) is 38.5 Å². The number of hydrogen-bond donors (Lipinski definition) is 0. The summed E-state index contributed by atoms with van der Waals surface area (Å²) in [5.41, 5.74) is 0. The highest BCUT2D eigenvalue weighted by molar-refractivity contribution is 5.91. The summed E-state index contributed by atoms with van der Waals surface area (Å²) in [6, 6.07) is 2.07. The van der Waals surface area contributed by atoms with Crippen molar-refractivity contribution in [1.29, 1.82) is 5.26 Å². The lowest BCUT2D eigenvalue weighted by atomic mass is 9.64. The van der Waals surface area contributed by atoms with Gasteiger partial charge in [-0.05, 0) is 25.2 Å². The van der Waals surface area contributed by atoms with Gasteiger partial charge in [0, 0.05) is 5.92 Å². The van der Waals surface area contributed by atoms with Crippen LogP contribution in [-0.2, 0) is 4.79 Å². The molecule has 0 amide bonds. The van der Waals surface area contributed by atoms with Gasteiger partial charge in [-0.15, -0.1) is 0 Å². The predicted molar refractivity (Wildman–Crippen MR) is 48.8 cm³/mol. The maximum absolute atomic E-state index is 11.5. The Morgan fingerprint density at radius 3 is 2.46 bits per heavy atom. The third kappa shape index (κ3) is 1.48. The highest BCUT2D eigenvalue weighted by Crippen LogP contribution is 2.41. The fourth-order valence-electron chi connectivity index (χ4n) is 2.66. The summed E-state index contributed by atoms with van der Waals surface area (Å²) in [6.45, 7) is 0. The Kier molecular flexibility index (Phi) is 2.35. The molecule has 13 heavy (non-hydrogen) atoms. The third-order valence-corrected chi connectivity index (χ3v) is 3.57. The van der Waals surface area contributed by atoms with Gasteiger partial charge in [-0.1, -0.05) is 19.3 Å². The number of carbonyl (C=O) groups excluding carboxylic acids is 1. The maximum atomic E-state index is 11.5. The van der Waals surface area contributed by atoms with Gasteiger partial charge in [0.25, 0.3) is 0 Å². The molecule has 2 fully saturated rings. The molecular weight excluding hydrogens is 162 g/mol. The summed E-state index contributed by atoms with van der Waals surface area (Å²) < 4.78 is 0. The number of carbonyl (C=O) groups is 1. The van der Waals surface area contributed by atoms with Gasteiger partial charge in [0.2, 0.25) is 0 Å². The largest absolute Gasteiger partial charge is 0.298 e. The first-order valence-corrected chi connectivity index (χ1v) is 5.26. The molecule has 2 aliphatic rings. The van der Waals surface area contributed by atoms with Crippen LogP contribution >= 0.6 is 0 Å². The highest BCUT2D eigenvalue weighted by atomic mass is 16.1. The Morgan fingerprint density at radius 2 is 1.92 bits per heavy atom. The van der Waals surface area contributed by atoms with E-state index in [1.165, 1.54) is 32.1 Å². The lowest BCUT2D eigenvalue weighted by Crippen LogP contribution is -2.41. The average Bonchev–Trinajstić information content (AvgIpc) is 2.18. The summed E-state index contributed by atoms with van der Waals surface area (Å²) in [5.74, 6) is 0.845. The molecule has 0 aromatic carbocycles. The summed E-state index contributed by atoms with van der Waals surface area (Å²) in [6.07, 6.45) is 7.18. The molecule has 70 valence electrons. The Labute approximate surface area is 78.9 Å². The smallest absolute Gasteiger partial charge is 0.153 e. The number of nitriles is 1. The van der Waals surface area contributed by atoms with Crippen LogP contribution in [0.4, 0.5) is 0 Å². The first-order valence-electron chi connectivity index (χ1n) is 5.26. The normalized spacial score (nSPS) is 35.2. The van der Waals surface area contributed by atoms with E-state index in [1.807, 2.05) is 0 Å². The Morgan fingerprint density at radius 1 is 1.23 bits per heavy atom. The fourth-order valence-corrected chi connectivity index (χ4v) is 2.66. The molecule has 0 bridgehead atoms. The van der Waals surface area contributed by atoms with Crippen molar-refractivity contribution in [3.8, 4) is 6.07 Å².